The van der Waals surface area contributed by atoms with Crippen LogP contribution in [0.2, 0.25) is 0 Å². The molecule has 2 N–H and O–H groups in total. The Morgan fingerprint density at radius 2 is 1.00 bits per heavy atom. The minimum absolute atomic E-state index is 0.148. The molecule has 230 valence electrons. The molecule has 0 atom stereocenters. The second kappa shape index (κ2) is 12.3. The molecular formula is C41H31N7. The van der Waals surface area contributed by atoms with Gasteiger partial charge in [0.1, 0.15) is 17.1 Å². The number of hydrogen-bond acceptors (Lipinski definition) is 3. The van der Waals surface area contributed by atoms with E-state index < -0.39 is 0 Å². The molecule has 4 aromatic heterocycles. The number of imidazole rings is 2. The lowest BCUT2D eigenvalue weighted by Crippen LogP contribution is -2.21. The number of aromatic nitrogens is 4. The van der Waals surface area contributed by atoms with Crippen molar-refractivity contribution < 1.29 is 0 Å². The molecule has 4 aromatic carbocycles. The topological polar surface area (TPSA) is 82.8 Å². The first-order valence-corrected chi connectivity index (χ1v) is 15.8. The maximum absolute atomic E-state index is 9.07. The van der Waals surface area contributed by atoms with Gasteiger partial charge in [-0.1, -0.05) is 109 Å². The van der Waals surface area contributed by atoms with Gasteiger partial charge in [0.25, 0.3) is 0 Å². The molecule has 0 saturated carbocycles. The lowest BCUT2D eigenvalue weighted by atomic mass is 10.0. The van der Waals surface area contributed by atoms with Crippen LogP contribution in [0.15, 0.2) is 163 Å². The number of fused-ring (bicyclic) bond motifs is 2. The van der Waals surface area contributed by atoms with Crippen molar-refractivity contribution in [2.24, 2.45) is 4.99 Å². The lowest BCUT2D eigenvalue weighted by Gasteiger charge is -2.11. The fourth-order valence-electron chi connectivity index (χ4n) is 6.21. The Morgan fingerprint density at radius 3 is 1.52 bits per heavy atom. The van der Waals surface area contributed by atoms with Crippen molar-refractivity contribution in [3.8, 4) is 45.0 Å². The van der Waals surface area contributed by atoms with Gasteiger partial charge in [-0.05, 0) is 36.4 Å². The van der Waals surface area contributed by atoms with Crippen molar-refractivity contribution in [2.75, 3.05) is 7.05 Å². The number of aliphatic imine (C=N–C) groups is 1. The summed E-state index contributed by atoms with van der Waals surface area (Å²) in [7, 11) is 1.83. The molecule has 0 aliphatic heterocycles. The predicted octanol–water partition coefficient (Wildman–Crippen LogP) is 8.64. The van der Waals surface area contributed by atoms with Crippen LogP contribution in [-0.4, -0.2) is 37.5 Å². The summed E-state index contributed by atoms with van der Waals surface area (Å²) in [5.74, 6) is 0.740. The van der Waals surface area contributed by atoms with Gasteiger partial charge in [-0.3, -0.25) is 14.2 Å². The number of hydrogen-bond donors (Lipinski definition) is 2. The summed E-state index contributed by atoms with van der Waals surface area (Å²) < 4.78 is 4.23. The van der Waals surface area contributed by atoms with Crippen LogP contribution in [0.1, 0.15) is 11.1 Å². The second-order valence-electron chi connectivity index (χ2n) is 11.4. The van der Waals surface area contributed by atoms with Gasteiger partial charge >= 0.3 is 0 Å². The first-order chi connectivity index (χ1) is 23.7. The summed E-state index contributed by atoms with van der Waals surface area (Å²) in [5, 5.41) is 12.3. The number of amidine groups is 2. The number of pyridine rings is 2. The van der Waals surface area contributed by atoms with Gasteiger partial charge in [-0.2, -0.15) is 0 Å². The summed E-state index contributed by atoms with van der Waals surface area (Å²) in [5.41, 5.74) is 11.1. The van der Waals surface area contributed by atoms with Gasteiger partial charge in [0.2, 0.25) is 0 Å². The van der Waals surface area contributed by atoms with E-state index >= 15 is 0 Å². The van der Waals surface area contributed by atoms with Gasteiger partial charge in [-0.25, -0.2) is 15.0 Å². The zero-order valence-electron chi connectivity index (χ0n) is 26.2. The highest BCUT2D eigenvalue weighted by atomic mass is 15.0. The van der Waals surface area contributed by atoms with E-state index in [0.29, 0.717) is 11.4 Å². The molecule has 0 radical (unpaired) electrons. The van der Waals surface area contributed by atoms with E-state index in [1.165, 1.54) is 0 Å². The Labute approximate surface area is 278 Å². The number of nitrogens with zero attached hydrogens (tertiary/aromatic N) is 5. The lowest BCUT2D eigenvalue weighted by molar-refractivity contribution is 1.16. The molecule has 4 heterocycles. The molecule has 0 unspecified atom stereocenters. The average Bonchev–Trinajstić information content (AvgIpc) is 3.74. The third-order valence-corrected chi connectivity index (χ3v) is 8.43. The van der Waals surface area contributed by atoms with Gasteiger partial charge in [0, 0.05) is 52.8 Å². The summed E-state index contributed by atoms with van der Waals surface area (Å²) in [6.45, 7) is 0. The molecular weight excluding hydrogens is 591 g/mol. The third kappa shape index (κ3) is 5.23. The molecule has 0 aliphatic carbocycles. The van der Waals surface area contributed by atoms with E-state index in [2.05, 4.69) is 50.5 Å². The summed E-state index contributed by atoms with van der Waals surface area (Å²) >= 11 is 0. The second-order valence-corrected chi connectivity index (χ2v) is 11.4. The Balaban J connectivity index is 1.17. The van der Waals surface area contributed by atoms with Crippen LogP contribution in [0.5, 0.6) is 0 Å². The fraction of sp³-hybridized carbons (Fsp3) is 0.0244. The van der Waals surface area contributed by atoms with E-state index in [1.807, 2.05) is 129 Å². The summed E-state index contributed by atoms with van der Waals surface area (Å²) in [6.07, 6.45) is 4.08. The van der Waals surface area contributed by atoms with Crippen LogP contribution >= 0.6 is 0 Å². The van der Waals surface area contributed by atoms with Crippen molar-refractivity contribution in [1.29, 1.82) is 5.41 Å². The quantitative estimate of drug-likeness (QED) is 0.144. The highest BCUT2D eigenvalue weighted by molar-refractivity contribution is 6.11. The highest BCUT2D eigenvalue weighted by Gasteiger charge is 2.18. The van der Waals surface area contributed by atoms with Crippen LogP contribution in [0, 0.1) is 5.41 Å². The third-order valence-electron chi connectivity index (χ3n) is 8.43. The first-order valence-electron chi connectivity index (χ1n) is 15.8. The number of nitrogens with one attached hydrogen (secondary N) is 2. The Morgan fingerprint density at radius 1 is 0.542 bits per heavy atom. The van der Waals surface area contributed by atoms with Crippen LogP contribution in [0.25, 0.3) is 56.3 Å². The Kier molecular flexibility index (Phi) is 7.39. The SMILES string of the molecule is CNC(=NC(=N)c1cccc(-c2nc3ccccn3c2-c2ccccc2)c1)c1cccc(-c2nc3ccccn3c2-c2ccccc2)c1. The number of benzene rings is 4. The van der Waals surface area contributed by atoms with Gasteiger partial charge in [0.15, 0.2) is 5.84 Å². The normalized spacial score (nSPS) is 11.6. The molecule has 8 rings (SSSR count). The van der Waals surface area contributed by atoms with Crippen molar-refractivity contribution in [2.45, 2.75) is 0 Å². The summed E-state index contributed by atoms with van der Waals surface area (Å²) in [4.78, 5) is 14.8. The standard InChI is InChI=1S/C41H31N7/c1-43-41(33-21-13-19-31(27-33)37-39(29-16-6-3-7-17-29)48-25-11-9-23-35(48)45-37)46-40(42)32-20-12-18-30(26-32)36-38(28-14-4-2-5-15-28)47-24-10-8-22-34(47)44-36/h2-27H,1H3,(H2,42,43,46). The van der Waals surface area contributed by atoms with E-state index in [9.17, 15) is 0 Å². The van der Waals surface area contributed by atoms with Crippen LogP contribution in [0.4, 0.5) is 0 Å². The Bertz CT molecular complexity index is 2450. The average molecular weight is 622 g/mol. The van der Waals surface area contributed by atoms with Gasteiger partial charge < -0.3 is 5.32 Å². The maximum atomic E-state index is 9.07. The van der Waals surface area contributed by atoms with Crippen LogP contribution in [0.3, 0.4) is 0 Å². The van der Waals surface area contributed by atoms with E-state index in [0.717, 1.165) is 61.9 Å². The van der Waals surface area contributed by atoms with E-state index in [-0.39, 0.29) is 5.84 Å². The van der Waals surface area contributed by atoms with Crippen molar-refractivity contribution in [1.82, 2.24) is 24.1 Å². The smallest absolute Gasteiger partial charge is 0.154 e. The molecule has 48 heavy (non-hydrogen) atoms. The monoisotopic (exact) mass is 621 g/mol. The van der Waals surface area contributed by atoms with Crippen LogP contribution < -0.4 is 5.32 Å². The van der Waals surface area contributed by atoms with Crippen molar-refractivity contribution >= 4 is 23.0 Å². The zero-order chi connectivity index (χ0) is 32.5. The maximum Gasteiger partial charge on any atom is 0.154 e. The van der Waals surface area contributed by atoms with E-state index in [4.69, 9.17) is 20.4 Å². The number of rotatable bonds is 6. The molecule has 0 spiro atoms. The molecule has 7 nitrogen and oxygen atoms in total. The molecule has 7 heteroatoms. The molecule has 0 aliphatic rings. The van der Waals surface area contributed by atoms with Crippen molar-refractivity contribution in [3.63, 3.8) is 0 Å². The fourth-order valence-corrected chi connectivity index (χ4v) is 6.21. The minimum atomic E-state index is 0.148. The summed E-state index contributed by atoms with van der Waals surface area (Å²) in [6, 6.07) is 48.7. The predicted molar refractivity (Wildman–Crippen MR) is 195 cm³/mol. The molecule has 0 saturated heterocycles. The van der Waals surface area contributed by atoms with E-state index in [1.54, 1.807) is 0 Å². The highest BCUT2D eigenvalue weighted by Crippen LogP contribution is 2.34. The van der Waals surface area contributed by atoms with Crippen molar-refractivity contribution in [3.05, 3.63) is 169 Å². The van der Waals surface area contributed by atoms with Gasteiger partial charge in [0.05, 0.1) is 22.8 Å². The molecule has 0 amide bonds. The molecule has 0 fully saturated rings. The van der Waals surface area contributed by atoms with Crippen LogP contribution in [-0.2, 0) is 0 Å². The minimum Gasteiger partial charge on any atom is -0.373 e. The largest absolute Gasteiger partial charge is 0.373 e. The first kappa shape index (κ1) is 28.8. The Hall–Kier alpha value is -6.60. The zero-order valence-corrected chi connectivity index (χ0v) is 26.2. The molecule has 0 bridgehead atoms. The molecule has 8 aromatic rings. The van der Waals surface area contributed by atoms with Gasteiger partial charge in [-0.15, -0.1) is 0 Å².